The summed E-state index contributed by atoms with van der Waals surface area (Å²) in [6, 6.07) is 5.86. The summed E-state index contributed by atoms with van der Waals surface area (Å²) in [5.41, 5.74) is 0.869. The van der Waals surface area contributed by atoms with Crippen molar-refractivity contribution < 1.29 is 13.5 Å². The molecule has 0 fully saturated rings. The molecule has 1 aliphatic rings. The maximum absolute atomic E-state index is 12.9. The third kappa shape index (κ3) is 2.10. The average Bonchev–Trinajstić information content (AvgIpc) is 2.39. The number of H-pyrrole nitrogens is 1. The normalized spacial score (nSPS) is 18.1. The number of nitrogens with one attached hydrogen (secondary N) is 1. The Bertz CT molecular complexity index is 717. The van der Waals surface area contributed by atoms with Crippen LogP contribution in [-0.2, 0) is 11.3 Å². The van der Waals surface area contributed by atoms with E-state index in [-0.39, 0.29) is 18.3 Å². The minimum atomic E-state index is -0.794. The molecule has 0 radical (unpaired) electrons. The van der Waals surface area contributed by atoms with Gasteiger partial charge in [0.05, 0.1) is 18.8 Å². The van der Waals surface area contributed by atoms with Crippen LogP contribution in [-0.4, -0.2) is 11.6 Å². The first-order valence-corrected chi connectivity index (χ1v) is 5.74. The van der Waals surface area contributed by atoms with Crippen LogP contribution < -0.4 is 11.4 Å². The molecule has 1 N–H and O–H groups in total. The molecule has 0 saturated carbocycles. The van der Waals surface area contributed by atoms with Crippen LogP contribution >= 0.6 is 0 Å². The van der Waals surface area contributed by atoms with Crippen LogP contribution in [0.5, 0.6) is 0 Å². The van der Waals surface area contributed by atoms with Crippen LogP contribution in [0.3, 0.4) is 0 Å². The molecular formula is C13H10FNO4. The van der Waals surface area contributed by atoms with Gasteiger partial charge in [-0.2, -0.15) is 0 Å². The molecule has 6 heteroatoms. The lowest BCUT2D eigenvalue weighted by Gasteiger charge is -2.24. The molecule has 0 bridgehead atoms. The molecule has 1 aromatic heterocycles. The lowest BCUT2D eigenvalue weighted by Crippen LogP contribution is -2.30. The molecule has 2 heterocycles. The molecule has 1 aliphatic heterocycles. The van der Waals surface area contributed by atoms with Crippen molar-refractivity contribution in [2.75, 3.05) is 6.61 Å². The summed E-state index contributed by atoms with van der Waals surface area (Å²) in [6.45, 7) is 0.421. The number of rotatable bonds is 1. The minimum Gasteiger partial charge on any atom is -0.375 e. The predicted octanol–water partition coefficient (Wildman–Crippen LogP) is 1.13. The van der Waals surface area contributed by atoms with E-state index in [1.54, 1.807) is 12.1 Å². The van der Waals surface area contributed by atoms with Gasteiger partial charge in [-0.3, -0.25) is 4.98 Å². The Morgan fingerprint density at radius 2 is 1.95 bits per heavy atom. The van der Waals surface area contributed by atoms with Crippen molar-refractivity contribution in [3.63, 3.8) is 0 Å². The van der Waals surface area contributed by atoms with Gasteiger partial charge in [0.2, 0.25) is 0 Å². The van der Waals surface area contributed by atoms with Crippen molar-refractivity contribution in [3.8, 4) is 0 Å². The third-order valence-electron chi connectivity index (χ3n) is 3.15. The summed E-state index contributed by atoms with van der Waals surface area (Å²) in [5.74, 6) is -1.44. The SMILES string of the molecule is O=c1[nH]c2c(c(=O)o1)COCC2c1ccc(F)cc1. The summed E-state index contributed by atoms with van der Waals surface area (Å²) in [5, 5.41) is 0. The van der Waals surface area contributed by atoms with Crippen molar-refractivity contribution >= 4 is 0 Å². The molecule has 1 aromatic carbocycles. The average molecular weight is 263 g/mol. The largest absolute Gasteiger partial charge is 0.419 e. The molecule has 0 saturated heterocycles. The van der Waals surface area contributed by atoms with Crippen molar-refractivity contribution in [3.05, 3.63) is 67.9 Å². The molecule has 5 nitrogen and oxygen atoms in total. The lowest BCUT2D eigenvalue weighted by atomic mass is 9.92. The van der Waals surface area contributed by atoms with Crippen LogP contribution in [0.2, 0.25) is 0 Å². The zero-order valence-electron chi connectivity index (χ0n) is 9.81. The number of fused-ring (bicyclic) bond motifs is 1. The van der Waals surface area contributed by atoms with E-state index < -0.39 is 11.4 Å². The Morgan fingerprint density at radius 3 is 2.68 bits per heavy atom. The van der Waals surface area contributed by atoms with E-state index in [4.69, 9.17) is 4.74 Å². The highest BCUT2D eigenvalue weighted by atomic mass is 19.1. The molecule has 19 heavy (non-hydrogen) atoms. The Kier molecular flexibility index (Phi) is 2.79. The standard InChI is InChI=1S/C13H10FNO4/c14-8-3-1-7(2-4-8)9-5-18-6-10-11(9)15-13(17)19-12(10)16/h1-4,9H,5-6H2,(H,15,17). The van der Waals surface area contributed by atoms with Gasteiger partial charge in [0, 0.05) is 11.6 Å². The quantitative estimate of drug-likeness (QED) is 0.837. The molecule has 3 rings (SSSR count). The summed E-state index contributed by atoms with van der Waals surface area (Å²) in [7, 11) is 0. The maximum atomic E-state index is 12.9. The first kappa shape index (κ1) is 11.9. The van der Waals surface area contributed by atoms with Gasteiger partial charge in [-0.05, 0) is 17.7 Å². The van der Waals surface area contributed by atoms with E-state index >= 15 is 0 Å². The fraction of sp³-hybridized carbons (Fsp3) is 0.231. The van der Waals surface area contributed by atoms with Crippen LogP contribution in [0.25, 0.3) is 0 Å². The lowest BCUT2D eigenvalue weighted by molar-refractivity contribution is 0.0929. The molecule has 1 unspecified atom stereocenters. The Morgan fingerprint density at radius 1 is 1.21 bits per heavy atom. The molecule has 2 aromatic rings. The number of aromatic nitrogens is 1. The molecular weight excluding hydrogens is 253 g/mol. The van der Waals surface area contributed by atoms with Crippen molar-refractivity contribution in [2.45, 2.75) is 12.5 Å². The van der Waals surface area contributed by atoms with E-state index in [0.29, 0.717) is 17.9 Å². The summed E-state index contributed by atoms with van der Waals surface area (Å²) >= 11 is 0. The summed E-state index contributed by atoms with van der Waals surface area (Å²) in [4.78, 5) is 25.4. The third-order valence-corrected chi connectivity index (χ3v) is 3.15. The number of aromatic amines is 1. The second-order valence-corrected chi connectivity index (χ2v) is 4.31. The molecule has 1 atom stereocenters. The van der Waals surface area contributed by atoms with E-state index in [9.17, 15) is 14.0 Å². The second-order valence-electron chi connectivity index (χ2n) is 4.31. The van der Waals surface area contributed by atoms with E-state index in [1.165, 1.54) is 12.1 Å². The maximum Gasteiger partial charge on any atom is 0.419 e. The zero-order chi connectivity index (χ0) is 13.4. The number of ether oxygens (including phenoxy) is 1. The van der Waals surface area contributed by atoms with Gasteiger partial charge < -0.3 is 9.15 Å². The summed E-state index contributed by atoms with van der Waals surface area (Å²) < 4.78 is 22.7. The Labute approximate surface area is 106 Å². The van der Waals surface area contributed by atoms with Gasteiger partial charge in [0.25, 0.3) is 0 Å². The Hall–Kier alpha value is -2.21. The van der Waals surface area contributed by atoms with Gasteiger partial charge in [0.15, 0.2) is 0 Å². The van der Waals surface area contributed by atoms with Crippen molar-refractivity contribution in [2.24, 2.45) is 0 Å². The second kappa shape index (κ2) is 4.47. The fourth-order valence-corrected chi connectivity index (χ4v) is 2.22. The van der Waals surface area contributed by atoms with Gasteiger partial charge in [-0.25, -0.2) is 14.0 Å². The number of halogens is 1. The van der Waals surface area contributed by atoms with Crippen molar-refractivity contribution in [1.29, 1.82) is 0 Å². The topological polar surface area (TPSA) is 72.3 Å². The van der Waals surface area contributed by atoms with Crippen LogP contribution in [0.1, 0.15) is 22.7 Å². The van der Waals surface area contributed by atoms with E-state index in [0.717, 1.165) is 5.56 Å². The van der Waals surface area contributed by atoms with E-state index in [2.05, 4.69) is 9.40 Å². The highest BCUT2D eigenvalue weighted by Crippen LogP contribution is 2.28. The van der Waals surface area contributed by atoms with Crippen molar-refractivity contribution in [1.82, 2.24) is 4.98 Å². The Balaban J connectivity index is 2.15. The number of hydrogen-bond acceptors (Lipinski definition) is 4. The van der Waals surface area contributed by atoms with Crippen LogP contribution in [0.15, 0.2) is 38.3 Å². The highest BCUT2D eigenvalue weighted by Gasteiger charge is 2.26. The monoisotopic (exact) mass is 263 g/mol. The highest BCUT2D eigenvalue weighted by molar-refractivity contribution is 5.33. The smallest absolute Gasteiger partial charge is 0.375 e. The van der Waals surface area contributed by atoms with Gasteiger partial charge in [-0.15, -0.1) is 0 Å². The van der Waals surface area contributed by atoms with Gasteiger partial charge in [0.1, 0.15) is 5.82 Å². The minimum absolute atomic E-state index is 0.103. The van der Waals surface area contributed by atoms with Crippen LogP contribution in [0.4, 0.5) is 4.39 Å². The number of benzene rings is 1. The first-order chi connectivity index (χ1) is 9.15. The molecule has 0 aliphatic carbocycles. The zero-order valence-corrected chi connectivity index (χ0v) is 9.81. The van der Waals surface area contributed by atoms with Gasteiger partial charge in [-0.1, -0.05) is 12.1 Å². The van der Waals surface area contributed by atoms with Gasteiger partial charge >= 0.3 is 11.4 Å². The fourth-order valence-electron chi connectivity index (χ4n) is 2.22. The summed E-state index contributed by atoms with van der Waals surface area (Å²) in [6.07, 6.45) is 0. The number of hydrogen-bond donors (Lipinski definition) is 1. The molecule has 0 amide bonds. The van der Waals surface area contributed by atoms with E-state index in [1.807, 2.05) is 0 Å². The predicted molar refractivity (Wildman–Crippen MR) is 63.5 cm³/mol. The first-order valence-electron chi connectivity index (χ1n) is 5.74. The molecule has 0 spiro atoms. The molecule has 98 valence electrons. The van der Waals surface area contributed by atoms with Crippen LogP contribution in [0, 0.1) is 5.82 Å².